The molecule has 0 radical (unpaired) electrons. The van der Waals surface area contributed by atoms with Crippen LogP contribution in [0.2, 0.25) is 0 Å². The first-order chi connectivity index (χ1) is 12.9. The lowest BCUT2D eigenvalue weighted by molar-refractivity contribution is 0.0548. The first kappa shape index (κ1) is 22.4. The SMILES string of the molecule is CC(C)CC(CN)NC(=O)c1ccc2c(c1)C(=O)N(C1CCCCC1)C2=O.Cl. The molecule has 3 rings (SSSR count). The van der Waals surface area contributed by atoms with E-state index in [1.807, 2.05) is 0 Å². The van der Waals surface area contributed by atoms with Gasteiger partial charge in [0.1, 0.15) is 0 Å². The molecule has 1 atom stereocenters. The Morgan fingerprint density at radius 2 is 1.79 bits per heavy atom. The summed E-state index contributed by atoms with van der Waals surface area (Å²) in [4.78, 5) is 39.6. The second kappa shape index (κ2) is 9.52. The van der Waals surface area contributed by atoms with Gasteiger partial charge in [-0.05, 0) is 43.4 Å². The van der Waals surface area contributed by atoms with Crippen LogP contribution >= 0.6 is 12.4 Å². The van der Waals surface area contributed by atoms with Gasteiger partial charge in [-0.3, -0.25) is 19.3 Å². The van der Waals surface area contributed by atoms with Crippen LogP contribution in [0, 0.1) is 5.92 Å². The molecule has 2 aliphatic rings. The number of carbonyl (C=O) groups excluding carboxylic acids is 3. The zero-order chi connectivity index (χ0) is 19.6. The number of halogens is 1. The number of hydrogen-bond donors (Lipinski definition) is 2. The zero-order valence-corrected chi connectivity index (χ0v) is 17.4. The van der Waals surface area contributed by atoms with Crippen molar-refractivity contribution in [3.63, 3.8) is 0 Å². The molecule has 1 aromatic rings. The first-order valence-corrected chi connectivity index (χ1v) is 9.95. The average Bonchev–Trinajstić information content (AvgIpc) is 2.91. The lowest BCUT2D eigenvalue weighted by Crippen LogP contribution is -2.41. The molecule has 1 heterocycles. The monoisotopic (exact) mass is 407 g/mol. The molecule has 1 aromatic carbocycles. The van der Waals surface area contributed by atoms with Crippen LogP contribution in [0.4, 0.5) is 0 Å². The molecule has 3 amide bonds. The van der Waals surface area contributed by atoms with Gasteiger partial charge in [0.05, 0.1) is 11.1 Å². The minimum absolute atomic E-state index is 0. The van der Waals surface area contributed by atoms with E-state index in [1.165, 1.54) is 4.90 Å². The Balaban J connectivity index is 0.00000280. The maximum absolute atomic E-state index is 12.9. The van der Waals surface area contributed by atoms with E-state index in [1.54, 1.807) is 18.2 Å². The molecule has 6 nitrogen and oxygen atoms in total. The largest absolute Gasteiger partial charge is 0.348 e. The number of amides is 3. The lowest BCUT2D eigenvalue weighted by Gasteiger charge is -2.29. The molecule has 0 saturated heterocycles. The van der Waals surface area contributed by atoms with Crippen molar-refractivity contribution >= 4 is 30.1 Å². The third kappa shape index (κ3) is 4.55. The summed E-state index contributed by atoms with van der Waals surface area (Å²) in [6, 6.07) is 4.65. The van der Waals surface area contributed by atoms with Crippen LogP contribution in [0.3, 0.4) is 0 Å². The molecule has 154 valence electrons. The van der Waals surface area contributed by atoms with Crippen LogP contribution in [0.25, 0.3) is 0 Å². The van der Waals surface area contributed by atoms with Gasteiger partial charge >= 0.3 is 0 Å². The van der Waals surface area contributed by atoms with Gasteiger partial charge < -0.3 is 11.1 Å². The van der Waals surface area contributed by atoms with Crippen molar-refractivity contribution in [3.05, 3.63) is 34.9 Å². The first-order valence-electron chi connectivity index (χ1n) is 9.95. The predicted octanol–water partition coefficient (Wildman–Crippen LogP) is 3.14. The standard InChI is InChI=1S/C21H29N3O3.ClH/c1-13(2)10-15(12-22)23-19(25)14-8-9-17-18(11-14)21(27)24(20(17)26)16-6-4-3-5-7-16;/h8-9,11,13,15-16H,3-7,10,12,22H2,1-2H3,(H,23,25);1H. The van der Waals surface area contributed by atoms with Crippen molar-refractivity contribution < 1.29 is 14.4 Å². The summed E-state index contributed by atoms with van der Waals surface area (Å²) in [6.45, 7) is 4.52. The van der Waals surface area contributed by atoms with Crippen molar-refractivity contribution in [2.75, 3.05) is 6.54 Å². The van der Waals surface area contributed by atoms with E-state index in [0.717, 1.165) is 38.5 Å². The van der Waals surface area contributed by atoms with E-state index in [4.69, 9.17) is 5.73 Å². The smallest absolute Gasteiger partial charge is 0.261 e. The van der Waals surface area contributed by atoms with Gasteiger partial charge in [0.15, 0.2) is 0 Å². The maximum atomic E-state index is 12.9. The number of benzene rings is 1. The van der Waals surface area contributed by atoms with E-state index in [2.05, 4.69) is 19.2 Å². The van der Waals surface area contributed by atoms with E-state index in [-0.39, 0.29) is 42.2 Å². The Morgan fingerprint density at radius 3 is 2.39 bits per heavy atom. The van der Waals surface area contributed by atoms with Crippen LogP contribution in [0.5, 0.6) is 0 Å². The highest BCUT2D eigenvalue weighted by atomic mass is 35.5. The summed E-state index contributed by atoms with van der Waals surface area (Å²) in [6.07, 6.45) is 5.77. The Bertz CT molecular complexity index is 744. The fourth-order valence-corrected chi connectivity index (χ4v) is 4.12. The van der Waals surface area contributed by atoms with Gasteiger partial charge in [0.2, 0.25) is 0 Å². The summed E-state index contributed by atoms with van der Waals surface area (Å²) < 4.78 is 0. The van der Waals surface area contributed by atoms with Crippen molar-refractivity contribution in [3.8, 4) is 0 Å². The highest BCUT2D eigenvalue weighted by molar-refractivity contribution is 6.22. The molecule has 1 aliphatic carbocycles. The molecule has 1 fully saturated rings. The fraction of sp³-hybridized carbons (Fsp3) is 0.571. The number of carbonyl (C=O) groups is 3. The van der Waals surface area contributed by atoms with Crippen molar-refractivity contribution in [1.29, 1.82) is 0 Å². The minimum Gasteiger partial charge on any atom is -0.348 e. The van der Waals surface area contributed by atoms with Gasteiger partial charge in [-0.2, -0.15) is 0 Å². The highest BCUT2D eigenvalue weighted by Crippen LogP contribution is 2.31. The van der Waals surface area contributed by atoms with Gasteiger partial charge in [-0.25, -0.2) is 0 Å². The predicted molar refractivity (Wildman–Crippen MR) is 111 cm³/mol. The summed E-state index contributed by atoms with van der Waals surface area (Å²) in [5.74, 6) is -0.338. The molecule has 0 spiro atoms. The van der Waals surface area contributed by atoms with E-state index in [0.29, 0.717) is 29.2 Å². The number of nitrogens with zero attached hydrogens (tertiary/aromatic N) is 1. The van der Waals surface area contributed by atoms with Crippen LogP contribution in [0.15, 0.2) is 18.2 Å². The van der Waals surface area contributed by atoms with Crippen LogP contribution in [-0.4, -0.2) is 41.2 Å². The number of rotatable bonds is 6. The summed E-state index contributed by atoms with van der Waals surface area (Å²) >= 11 is 0. The molecule has 28 heavy (non-hydrogen) atoms. The van der Waals surface area contributed by atoms with Gasteiger partial charge in [-0.1, -0.05) is 33.1 Å². The van der Waals surface area contributed by atoms with Crippen LogP contribution in [-0.2, 0) is 0 Å². The van der Waals surface area contributed by atoms with E-state index in [9.17, 15) is 14.4 Å². The summed E-state index contributed by atoms with van der Waals surface area (Å²) in [5.41, 5.74) is 6.89. The van der Waals surface area contributed by atoms with E-state index >= 15 is 0 Å². The Morgan fingerprint density at radius 1 is 1.14 bits per heavy atom. The molecule has 7 heteroatoms. The topological polar surface area (TPSA) is 92.5 Å². The quantitative estimate of drug-likeness (QED) is 0.708. The fourth-order valence-electron chi connectivity index (χ4n) is 4.12. The van der Waals surface area contributed by atoms with Crippen molar-refractivity contribution in [1.82, 2.24) is 10.2 Å². The number of fused-ring (bicyclic) bond motifs is 1. The molecule has 0 aromatic heterocycles. The molecular formula is C21H30ClN3O3. The molecule has 1 unspecified atom stereocenters. The lowest BCUT2D eigenvalue weighted by atomic mass is 9.94. The summed E-state index contributed by atoms with van der Waals surface area (Å²) in [5, 5.41) is 2.93. The number of imide groups is 1. The number of nitrogens with two attached hydrogens (primary N) is 1. The molecule has 1 aliphatic heterocycles. The van der Waals surface area contributed by atoms with Gasteiger partial charge in [-0.15, -0.1) is 12.4 Å². The number of hydrogen-bond acceptors (Lipinski definition) is 4. The Kier molecular flexibility index (Phi) is 7.61. The van der Waals surface area contributed by atoms with E-state index < -0.39 is 0 Å². The second-order valence-electron chi connectivity index (χ2n) is 8.07. The van der Waals surface area contributed by atoms with Crippen LogP contribution in [0.1, 0.15) is 83.4 Å². The Hall–Kier alpha value is -1.92. The summed E-state index contributed by atoms with van der Waals surface area (Å²) in [7, 11) is 0. The van der Waals surface area contributed by atoms with Gasteiger partial charge in [0, 0.05) is 24.2 Å². The van der Waals surface area contributed by atoms with Crippen LogP contribution < -0.4 is 11.1 Å². The van der Waals surface area contributed by atoms with Crippen molar-refractivity contribution in [2.45, 2.75) is 64.5 Å². The molecule has 0 bridgehead atoms. The number of nitrogens with one attached hydrogen (secondary N) is 1. The average molecular weight is 408 g/mol. The second-order valence-corrected chi connectivity index (χ2v) is 8.07. The maximum Gasteiger partial charge on any atom is 0.261 e. The molecular weight excluding hydrogens is 378 g/mol. The van der Waals surface area contributed by atoms with Crippen molar-refractivity contribution in [2.24, 2.45) is 11.7 Å². The third-order valence-electron chi connectivity index (χ3n) is 5.50. The minimum atomic E-state index is -0.269. The molecule has 3 N–H and O–H groups in total. The zero-order valence-electron chi connectivity index (χ0n) is 16.6. The van der Waals surface area contributed by atoms with Gasteiger partial charge in [0.25, 0.3) is 17.7 Å². The molecule has 1 saturated carbocycles. The third-order valence-corrected chi connectivity index (χ3v) is 5.50. The Labute approximate surface area is 172 Å². The normalized spacial score (nSPS) is 18.1. The highest BCUT2D eigenvalue weighted by Gasteiger charge is 2.40.